The molecular weight excluding hydrogens is 250 g/mol. The monoisotopic (exact) mass is 265 g/mol. The molecule has 1 aromatic carbocycles. The SMILES string of the molecule is Cc1cc(N(C)CC(F)(F)F)c([C@@H](C)O)cc1F. The number of halogens is 4. The van der Waals surface area contributed by atoms with E-state index in [2.05, 4.69) is 0 Å². The average Bonchev–Trinajstić information content (AvgIpc) is 2.18. The topological polar surface area (TPSA) is 23.5 Å². The van der Waals surface area contributed by atoms with Crippen molar-refractivity contribution in [3.63, 3.8) is 0 Å². The molecule has 0 saturated heterocycles. The number of aryl methyl sites for hydroxylation is 1. The number of aliphatic hydroxyl groups is 1. The molecule has 0 saturated carbocycles. The Hall–Kier alpha value is -1.30. The zero-order valence-electron chi connectivity index (χ0n) is 10.3. The first-order valence-electron chi connectivity index (χ1n) is 5.38. The lowest BCUT2D eigenvalue weighted by molar-refractivity contribution is -0.119. The molecule has 1 N–H and O–H groups in total. The first-order chi connectivity index (χ1) is 8.11. The molecule has 0 heterocycles. The summed E-state index contributed by atoms with van der Waals surface area (Å²) in [4.78, 5) is 0.953. The molecule has 0 fully saturated rings. The summed E-state index contributed by atoms with van der Waals surface area (Å²) in [5.41, 5.74) is 0.564. The van der Waals surface area contributed by atoms with Gasteiger partial charge in [0.2, 0.25) is 0 Å². The van der Waals surface area contributed by atoms with Crippen LogP contribution in [0.2, 0.25) is 0 Å². The van der Waals surface area contributed by atoms with Crippen LogP contribution in [0.4, 0.5) is 23.2 Å². The Kier molecular flexibility index (Phi) is 4.21. The lowest BCUT2D eigenvalue weighted by Crippen LogP contribution is -2.31. The quantitative estimate of drug-likeness (QED) is 0.848. The van der Waals surface area contributed by atoms with Gasteiger partial charge in [0, 0.05) is 18.3 Å². The zero-order valence-corrected chi connectivity index (χ0v) is 10.3. The highest BCUT2D eigenvalue weighted by Gasteiger charge is 2.30. The zero-order chi connectivity index (χ0) is 14.1. The number of anilines is 1. The van der Waals surface area contributed by atoms with E-state index in [9.17, 15) is 22.7 Å². The second-order valence-corrected chi connectivity index (χ2v) is 4.31. The van der Waals surface area contributed by atoms with Crippen LogP contribution < -0.4 is 4.90 Å². The largest absolute Gasteiger partial charge is 0.405 e. The molecular formula is C12H15F4NO. The second kappa shape index (κ2) is 5.14. The van der Waals surface area contributed by atoms with Crippen LogP contribution in [0.15, 0.2) is 12.1 Å². The number of hydrogen-bond acceptors (Lipinski definition) is 2. The van der Waals surface area contributed by atoms with Crippen molar-refractivity contribution in [1.82, 2.24) is 0 Å². The number of aliphatic hydroxyl groups excluding tert-OH is 1. The van der Waals surface area contributed by atoms with E-state index in [-0.39, 0.29) is 16.8 Å². The number of hydrogen-bond donors (Lipinski definition) is 1. The van der Waals surface area contributed by atoms with Crippen molar-refractivity contribution >= 4 is 5.69 Å². The third kappa shape index (κ3) is 3.60. The van der Waals surface area contributed by atoms with Gasteiger partial charge in [-0.15, -0.1) is 0 Å². The van der Waals surface area contributed by atoms with Crippen LogP contribution in [0.1, 0.15) is 24.2 Å². The van der Waals surface area contributed by atoms with E-state index >= 15 is 0 Å². The maximum absolute atomic E-state index is 13.4. The van der Waals surface area contributed by atoms with Crippen molar-refractivity contribution in [2.24, 2.45) is 0 Å². The smallest absolute Gasteiger partial charge is 0.389 e. The van der Waals surface area contributed by atoms with Gasteiger partial charge < -0.3 is 10.0 Å². The normalized spacial score (nSPS) is 13.6. The van der Waals surface area contributed by atoms with E-state index in [4.69, 9.17) is 0 Å². The Morgan fingerprint density at radius 1 is 1.33 bits per heavy atom. The minimum atomic E-state index is -4.35. The molecule has 6 heteroatoms. The van der Waals surface area contributed by atoms with E-state index < -0.39 is 24.6 Å². The first-order valence-corrected chi connectivity index (χ1v) is 5.38. The second-order valence-electron chi connectivity index (χ2n) is 4.31. The Morgan fingerprint density at radius 2 is 1.89 bits per heavy atom. The number of rotatable bonds is 3. The van der Waals surface area contributed by atoms with Crippen molar-refractivity contribution in [2.75, 3.05) is 18.5 Å². The fraction of sp³-hybridized carbons (Fsp3) is 0.500. The molecule has 0 aliphatic heterocycles. The maximum atomic E-state index is 13.4. The number of benzene rings is 1. The molecule has 0 aliphatic rings. The molecule has 102 valence electrons. The van der Waals surface area contributed by atoms with E-state index in [1.165, 1.54) is 27.0 Å². The Labute approximate surface area is 103 Å². The first kappa shape index (κ1) is 14.8. The fourth-order valence-electron chi connectivity index (χ4n) is 1.70. The van der Waals surface area contributed by atoms with Crippen molar-refractivity contribution in [2.45, 2.75) is 26.1 Å². The van der Waals surface area contributed by atoms with Gasteiger partial charge in [0.1, 0.15) is 12.4 Å². The van der Waals surface area contributed by atoms with Gasteiger partial charge in [-0.1, -0.05) is 0 Å². The van der Waals surface area contributed by atoms with E-state index in [1.54, 1.807) is 0 Å². The fourth-order valence-corrected chi connectivity index (χ4v) is 1.70. The molecule has 0 bridgehead atoms. The highest BCUT2D eigenvalue weighted by Crippen LogP contribution is 2.30. The van der Waals surface area contributed by atoms with Gasteiger partial charge in [0.25, 0.3) is 0 Å². The standard InChI is InChI=1S/C12H15F4NO/c1-7-4-11(17(3)6-12(14,15)16)9(8(2)18)5-10(7)13/h4-5,8,18H,6H2,1-3H3/t8-/m1/s1. The Morgan fingerprint density at radius 3 is 2.33 bits per heavy atom. The molecule has 0 aromatic heterocycles. The lowest BCUT2D eigenvalue weighted by atomic mass is 10.0. The van der Waals surface area contributed by atoms with Crippen molar-refractivity contribution in [3.8, 4) is 0 Å². The van der Waals surface area contributed by atoms with Gasteiger partial charge in [-0.3, -0.25) is 0 Å². The molecule has 1 rings (SSSR count). The van der Waals surface area contributed by atoms with E-state index in [0.29, 0.717) is 0 Å². The predicted molar refractivity (Wildman–Crippen MR) is 61.1 cm³/mol. The van der Waals surface area contributed by atoms with Crippen molar-refractivity contribution < 1.29 is 22.7 Å². The maximum Gasteiger partial charge on any atom is 0.405 e. The van der Waals surface area contributed by atoms with E-state index in [0.717, 1.165) is 11.0 Å². The number of alkyl halides is 3. The van der Waals surface area contributed by atoms with Gasteiger partial charge in [0.15, 0.2) is 0 Å². The minimum Gasteiger partial charge on any atom is -0.389 e. The van der Waals surface area contributed by atoms with Gasteiger partial charge in [0.05, 0.1) is 6.10 Å². The summed E-state index contributed by atoms with van der Waals surface area (Å²) < 4.78 is 50.3. The highest BCUT2D eigenvalue weighted by molar-refractivity contribution is 5.56. The van der Waals surface area contributed by atoms with Crippen LogP contribution >= 0.6 is 0 Å². The summed E-state index contributed by atoms with van der Waals surface area (Å²) in [5, 5.41) is 9.49. The summed E-state index contributed by atoms with van der Waals surface area (Å²) >= 11 is 0. The molecule has 0 radical (unpaired) electrons. The summed E-state index contributed by atoms with van der Waals surface area (Å²) in [6.45, 7) is 1.69. The summed E-state index contributed by atoms with van der Waals surface area (Å²) in [6.07, 6.45) is -5.39. The Balaban J connectivity index is 3.17. The van der Waals surface area contributed by atoms with E-state index in [1.807, 2.05) is 0 Å². The van der Waals surface area contributed by atoms with Crippen LogP contribution in [-0.2, 0) is 0 Å². The molecule has 18 heavy (non-hydrogen) atoms. The molecule has 0 aliphatic carbocycles. The Bertz CT molecular complexity index is 429. The van der Waals surface area contributed by atoms with Gasteiger partial charge in [-0.05, 0) is 31.5 Å². The minimum absolute atomic E-state index is 0.143. The lowest BCUT2D eigenvalue weighted by Gasteiger charge is -2.25. The molecule has 0 amide bonds. The average molecular weight is 265 g/mol. The number of nitrogens with zero attached hydrogens (tertiary/aromatic N) is 1. The predicted octanol–water partition coefficient (Wildman–Crippen LogP) is 3.19. The molecule has 1 atom stereocenters. The third-order valence-corrected chi connectivity index (χ3v) is 2.59. The van der Waals surface area contributed by atoms with Crippen LogP contribution in [0.25, 0.3) is 0 Å². The molecule has 0 unspecified atom stereocenters. The van der Waals surface area contributed by atoms with Crippen LogP contribution in [0.3, 0.4) is 0 Å². The van der Waals surface area contributed by atoms with Crippen LogP contribution in [0, 0.1) is 12.7 Å². The summed E-state index contributed by atoms with van der Waals surface area (Å²) in [5.74, 6) is -0.546. The van der Waals surface area contributed by atoms with Gasteiger partial charge >= 0.3 is 6.18 Å². The summed E-state index contributed by atoms with van der Waals surface area (Å²) in [6, 6.07) is 2.38. The summed E-state index contributed by atoms with van der Waals surface area (Å²) in [7, 11) is 1.26. The van der Waals surface area contributed by atoms with Crippen LogP contribution in [-0.4, -0.2) is 24.9 Å². The van der Waals surface area contributed by atoms with Crippen LogP contribution in [0.5, 0.6) is 0 Å². The van der Waals surface area contributed by atoms with Gasteiger partial charge in [-0.2, -0.15) is 13.2 Å². The highest BCUT2D eigenvalue weighted by atomic mass is 19.4. The molecule has 1 aromatic rings. The molecule has 0 spiro atoms. The molecule has 2 nitrogen and oxygen atoms in total. The van der Waals surface area contributed by atoms with Gasteiger partial charge in [-0.25, -0.2) is 4.39 Å². The third-order valence-electron chi connectivity index (χ3n) is 2.59. The van der Waals surface area contributed by atoms with Crippen molar-refractivity contribution in [3.05, 3.63) is 29.1 Å². The van der Waals surface area contributed by atoms with Crippen molar-refractivity contribution in [1.29, 1.82) is 0 Å².